The summed E-state index contributed by atoms with van der Waals surface area (Å²) in [5, 5.41) is -1.07. The van der Waals surface area contributed by atoms with Crippen molar-refractivity contribution in [1.82, 2.24) is 0 Å². The Kier molecular flexibility index (Phi) is 5.30. The van der Waals surface area contributed by atoms with Gasteiger partial charge in [0.1, 0.15) is 0 Å². The van der Waals surface area contributed by atoms with Gasteiger partial charge in [0.25, 0.3) is 0 Å². The molecule has 0 amide bonds. The minimum Gasteiger partial charge on any atom is -0.203 e. The highest BCUT2D eigenvalue weighted by Crippen LogP contribution is 2.46. The van der Waals surface area contributed by atoms with Gasteiger partial charge >= 0.3 is 12.4 Å². The maximum Gasteiger partial charge on any atom is 0.445 e. The fourth-order valence-electron chi connectivity index (χ4n) is 3.07. The van der Waals surface area contributed by atoms with E-state index < -0.39 is 57.6 Å². The molecule has 158 valence electrons. The average molecular weight is 438 g/mol. The van der Waals surface area contributed by atoms with Crippen LogP contribution in [0.1, 0.15) is 11.1 Å². The quantitative estimate of drug-likeness (QED) is 0.279. The van der Waals surface area contributed by atoms with E-state index in [1.807, 2.05) is 0 Å². The predicted octanol–water partition coefficient (Wildman–Crippen LogP) is 8.33. The van der Waals surface area contributed by atoms with Crippen molar-refractivity contribution in [3.05, 3.63) is 71.3 Å². The summed E-state index contributed by atoms with van der Waals surface area (Å²) < 4.78 is 133. The van der Waals surface area contributed by atoms with E-state index in [1.54, 1.807) is 0 Å². The molecule has 3 aromatic carbocycles. The van der Waals surface area contributed by atoms with Crippen LogP contribution in [0.5, 0.6) is 0 Å². The van der Waals surface area contributed by atoms with Crippen molar-refractivity contribution in [2.45, 2.75) is 12.4 Å². The molecule has 0 radical (unpaired) electrons. The molecule has 0 unspecified atom stereocenters. The summed E-state index contributed by atoms with van der Waals surface area (Å²) in [6.07, 6.45) is -11.7. The Morgan fingerprint density at radius 1 is 0.467 bits per heavy atom. The molecule has 0 aliphatic carbocycles. The van der Waals surface area contributed by atoms with Gasteiger partial charge in [-0.2, -0.15) is 35.1 Å². The van der Waals surface area contributed by atoms with Crippen LogP contribution in [0.2, 0.25) is 0 Å². The molecule has 0 atom stereocenters. The Hall–Kier alpha value is -3.04. The van der Waals surface area contributed by atoms with Crippen molar-refractivity contribution in [1.29, 1.82) is 0 Å². The highest BCUT2D eigenvalue weighted by atomic mass is 19.4. The molecule has 30 heavy (non-hydrogen) atoms. The van der Waals surface area contributed by atoms with Crippen LogP contribution in [0.15, 0.2) is 60.2 Å². The molecule has 0 N–H and O–H groups in total. The first-order chi connectivity index (χ1) is 13.9. The van der Waals surface area contributed by atoms with Gasteiger partial charge in [-0.05, 0) is 21.5 Å². The second-order valence-electron chi connectivity index (χ2n) is 6.09. The number of alkyl halides is 6. The molecule has 0 heterocycles. The SMILES string of the molecule is F/C(=C(/F)C(F)(F)F)c1c(/C(F)=C(\F)C(F)(F)F)c2ccccc2c2ccccc12. The number of hydrogen-bond donors (Lipinski definition) is 0. The first kappa shape index (κ1) is 21.7. The fourth-order valence-corrected chi connectivity index (χ4v) is 3.07. The molecule has 0 aliphatic rings. The van der Waals surface area contributed by atoms with E-state index in [4.69, 9.17) is 0 Å². The Balaban J connectivity index is 2.65. The van der Waals surface area contributed by atoms with E-state index in [9.17, 15) is 43.9 Å². The second-order valence-corrected chi connectivity index (χ2v) is 6.09. The Labute approximate surface area is 161 Å². The number of rotatable bonds is 2. The third-order valence-corrected chi connectivity index (χ3v) is 4.26. The topological polar surface area (TPSA) is 0 Å². The molecular formula is C20H8F10. The standard InChI is InChI=1S/C20H8F10/c21-15(17(23)19(25,26)27)13-11-7-3-1-5-9(11)10-6-2-4-8-12(10)14(13)16(22)18(24)20(28,29)30/h1-8H/b17-15+,18-16+. The fraction of sp³-hybridized carbons (Fsp3) is 0.100. The van der Waals surface area contributed by atoms with Crippen molar-refractivity contribution in [2.24, 2.45) is 0 Å². The molecule has 0 aromatic heterocycles. The van der Waals surface area contributed by atoms with Crippen LogP contribution in [0, 0.1) is 0 Å². The zero-order valence-corrected chi connectivity index (χ0v) is 14.4. The van der Waals surface area contributed by atoms with Gasteiger partial charge in [0.2, 0.25) is 11.7 Å². The van der Waals surface area contributed by atoms with Crippen molar-refractivity contribution >= 4 is 33.2 Å². The summed E-state index contributed by atoms with van der Waals surface area (Å²) in [6, 6.07) is 9.56. The minimum absolute atomic E-state index is 0.00260. The number of fused-ring (bicyclic) bond motifs is 3. The lowest BCUT2D eigenvalue weighted by atomic mass is 9.89. The molecule has 0 saturated carbocycles. The molecule has 0 bridgehead atoms. The molecule has 3 aromatic rings. The Morgan fingerprint density at radius 2 is 0.733 bits per heavy atom. The highest BCUT2D eigenvalue weighted by Gasteiger charge is 2.42. The third kappa shape index (κ3) is 3.61. The summed E-state index contributed by atoms with van der Waals surface area (Å²) in [5.74, 6) is -11.9. The van der Waals surface area contributed by atoms with Crippen molar-refractivity contribution in [2.75, 3.05) is 0 Å². The van der Waals surface area contributed by atoms with Crippen LogP contribution in [0.4, 0.5) is 43.9 Å². The largest absolute Gasteiger partial charge is 0.445 e. The van der Waals surface area contributed by atoms with E-state index in [0.717, 1.165) is 12.1 Å². The summed E-state index contributed by atoms with van der Waals surface area (Å²) in [5.41, 5.74) is -2.95. The van der Waals surface area contributed by atoms with Gasteiger partial charge < -0.3 is 0 Å². The predicted molar refractivity (Wildman–Crippen MR) is 91.8 cm³/mol. The number of allylic oxidation sites excluding steroid dienone is 2. The van der Waals surface area contributed by atoms with Gasteiger partial charge in [0.15, 0.2) is 11.7 Å². The number of benzene rings is 3. The van der Waals surface area contributed by atoms with Gasteiger partial charge in [-0.15, -0.1) is 0 Å². The lowest BCUT2D eigenvalue weighted by Gasteiger charge is -2.17. The molecular weight excluding hydrogens is 430 g/mol. The van der Waals surface area contributed by atoms with E-state index in [-0.39, 0.29) is 10.8 Å². The smallest absolute Gasteiger partial charge is 0.203 e. The third-order valence-electron chi connectivity index (χ3n) is 4.26. The highest BCUT2D eigenvalue weighted by molar-refractivity contribution is 6.16. The maximum absolute atomic E-state index is 14.7. The lowest BCUT2D eigenvalue weighted by molar-refractivity contribution is -0.109. The average Bonchev–Trinajstić information content (AvgIpc) is 2.69. The minimum atomic E-state index is -5.85. The number of halogens is 10. The Bertz CT molecular complexity index is 1100. The normalized spacial score (nSPS) is 14.7. The van der Waals surface area contributed by atoms with Gasteiger partial charge in [-0.25, -0.2) is 8.78 Å². The number of hydrogen-bond acceptors (Lipinski definition) is 0. The van der Waals surface area contributed by atoms with Crippen LogP contribution in [0.25, 0.3) is 33.2 Å². The molecule has 0 saturated heterocycles. The van der Waals surface area contributed by atoms with Gasteiger partial charge in [0, 0.05) is 11.1 Å². The monoisotopic (exact) mass is 438 g/mol. The van der Waals surface area contributed by atoms with Crippen LogP contribution in [-0.4, -0.2) is 12.4 Å². The van der Waals surface area contributed by atoms with E-state index >= 15 is 0 Å². The molecule has 0 spiro atoms. The zero-order chi connectivity index (χ0) is 22.4. The Morgan fingerprint density at radius 3 is 1.00 bits per heavy atom. The summed E-state index contributed by atoms with van der Waals surface area (Å²) in [4.78, 5) is 0. The van der Waals surface area contributed by atoms with Gasteiger partial charge in [-0.3, -0.25) is 0 Å². The molecule has 10 heteroatoms. The maximum atomic E-state index is 14.7. The second kappa shape index (κ2) is 7.33. The molecule has 0 fully saturated rings. The molecule has 3 rings (SSSR count). The molecule has 0 aliphatic heterocycles. The van der Waals surface area contributed by atoms with E-state index in [0.29, 0.717) is 0 Å². The van der Waals surface area contributed by atoms with Crippen LogP contribution in [0.3, 0.4) is 0 Å². The first-order valence-corrected chi connectivity index (χ1v) is 8.04. The van der Waals surface area contributed by atoms with Crippen LogP contribution >= 0.6 is 0 Å². The first-order valence-electron chi connectivity index (χ1n) is 8.04. The summed E-state index contributed by atoms with van der Waals surface area (Å²) >= 11 is 0. The van der Waals surface area contributed by atoms with Crippen molar-refractivity contribution in [3.63, 3.8) is 0 Å². The summed E-state index contributed by atoms with van der Waals surface area (Å²) in [7, 11) is 0. The van der Waals surface area contributed by atoms with Crippen LogP contribution in [-0.2, 0) is 0 Å². The zero-order valence-electron chi connectivity index (χ0n) is 14.4. The molecule has 0 nitrogen and oxygen atoms in total. The summed E-state index contributed by atoms with van der Waals surface area (Å²) in [6.45, 7) is 0. The van der Waals surface area contributed by atoms with Crippen LogP contribution < -0.4 is 0 Å². The lowest BCUT2D eigenvalue weighted by Crippen LogP contribution is -2.12. The van der Waals surface area contributed by atoms with Crippen molar-refractivity contribution < 1.29 is 43.9 Å². The van der Waals surface area contributed by atoms with Crippen molar-refractivity contribution in [3.8, 4) is 0 Å². The van der Waals surface area contributed by atoms with Gasteiger partial charge in [0.05, 0.1) is 0 Å². The van der Waals surface area contributed by atoms with E-state index in [2.05, 4.69) is 0 Å². The van der Waals surface area contributed by atoms with Gasteiger partial charge in [-0.1, -0.05) is 48.5 Å². The van der Waals surface area contributed by atoms with E-state index in [1.165, 1.54) is 36.4 Å².